The van der Waals surface area contributed by atoms with Crippen molar-refractivity contribution in [2.75, 3.05) is 6.54 Å². The van der Waals surface area contributed by atoms with Gasteiger partial charge in [-0.2, -0.15) is 0 Å². The van der Waals surface area contributed by atoms with Gasteiger partial charge in [0, 0.05) is 13.1 Å². The Morgan fingerprint density at radius 2 is 1.88 bits per heavy atom. The topological polar surface area (TPSA) is 12.0 Å². The maximum Gasteiger partial charge on any atom is 0.123 e. The summed E-state index contributed by atoms with van der Waals surface area (Å²) < 4.78 is 12.7. The molecule has 0 spiro atoms. The van der Waals surface area contributed by atoms with Crippen LogP contribution in [0.2, 0.25) is 0 Å². The van der Waals surface area contributed by atoms with E-state index in [4.69, 9.17) is 0 Å². The molecule has 1 aromatic carbocycles. The van der Waals surface area contributed by atoms with E-state index in [-0.39, 0.29) is 5.82 Å². The van der Waals surface area contributed by atoms with Crippen molar-refractivity contribution in [2.24, 2.45) is 11.3 Å². The third kappa shape index (κ3) is 2.62. The average Bonchev–Trinajstić information content (AvgIpc) is 3.02. The van der Waals surface area contributed by atoms with Gasteiger partial charge in [0.05, 0.1) is 0 Å². The molecule has 0 heterocycles. The summed E-state index contributed by atoms with van der Waals surface area (Å²) in [4.78, 5) is 0. The van der Waals surface area contributed by atoms with Gasteiger partial charge in [-0.05, 0) is 41.9 Å². The zero-order valence-electron chi connectivity index (χ0n) is 10.1. The fourth-order valence-electron chi connectivity index (χ4n) is 2.18. The fourth-order valence-corrected chi connectivity index (χ4v) is 2.18. The van der Waals surface area contributed by atoms with E-state index in [1.54, 1.807) is 0 Å². The Labute approximate surface area is 97.1 Å². The van der Waals surface area contributed by atoms with Crippen molar-refractivity contribution < 1.29 is 4.39 Å². The Hall–Kier alpha value is -0.890. The van der Waals surface area contributed by atoms with E-state index in [9.17, 15) is 4.39 Å². The molecular weight excluding hydrogens is 201 g/mol. The van der Waals surface area contributed by atoms with Gasteiger partial charge in [-0.1, -0.05) is 26.0 Å². The monoisotopic (exact) mass is 221 g/mol. The Balaban J connectivity index is 1.78. The van der Waals surface area contributed by atoms with Crippen LogP contribution in [0.15, 0.2) is 24.3 Å². The Morgan fingerprint density at radius 1 is 1.25 bits per heavy atom. The second kappa shape index (κ2) is 4.54. The van der Waals surface area contributed by atoms with Crippen LogP contribution < -0.4 is 5.32 Å². The lowest BCUT2D eigenvalue weighted by atomic mass is 9.92. The van der Waals surface area contributed by atoms with E-state index in [0.717, 1.165) is 24.6 Å². The molecule has 1 aromatic rings. The molecular formula is C14H20FN. The first-order chi connectivity index (χ1) is 7.62. The van der Waals surface area contributed by atoms with Gasteiger partial charge in [0.1, 0.15) is 5.82 Å². The normalized spacial score (nSPS) is 17.8. The van der Waals surface area contributed by atoms with Crippen LogP contribution in [0.1, 0.15) is 32.3 Å². The van der Waals surface area contributed by atoms with Crippen LogP contribution in [0.3, 0.4) is 0 Å². The van der Waals surface area contributed by atoms with Crippen LogP contribution in [0.5, 0.6) is 0 Å². The van der Waals surface area contributed by atoms with Gasteiger partial charge in [0.15, 0.2) is 0 Å². The molecule has 1 fully saturated rings. The van der Waals surface area contributed by atoms with Crippen molar-refractivity contribution in [1.29, 1.82) is 0 Å². The van der Waals surface area contributed by atoms with Gasteiger partial charge in [0.2, 0.25) is 0 Å². The Morgan fingerprint density at radius 3 is 2.38 bits per heavy atom. The van der Waals surface area contributed by atoms with Gasteiger partial charge in [-0.15, -0.1) is 0 Å². The maximum atomic E-state index is 12.7. The maximum absolute atomic E-state index is 12.7. The number of hydrogen-bond acceptors (Lipinski definition) is 1. The Bertz CT molecular complexity index is 338. The lowest BCUT2D eigenvalue weighted by Gasteiger charge is -2.20. The minimum atomic E-state index is -0.162. The van der Waals surface area contributed by atoms with Crippen molar-refractivity contribution in [3.63, 3.8) is 0 Å². The summed E-state index contributed by atoms with van der Waals surface area (Å²) in [5.74, 6) is 0.595. The summed E-state index contributed by atoms with van der Waals surface area (Å²) in [5, 5.41) is 3.48. The molecule has 0 aromatic heterocycles. The summed E-state index contributed by atoms with van der Waals surface area (Å²) >= 11 is 0. The number of benzene rings is 1. The highest BCUT2D eigenvalue weighted by atomic mass is 19.1. The molecule has 1 aliphatic rings. The van der Waals surface area contributed by atoms with E-state index >= 15 is 0 Å². The molecule has 0 radical (unpaired) electrons. The van der Waals surface area contributed by atoms with E-state index < -0.39 is 0 Å². The molecule has 0 amide bonds. The smallest absolute Gasteiger partial charge is 0.123 e. The van der Waals surface area contributed by atoms with Crippen LogP contribution in [-0.4, -0.2) is 6.54 Å². The highest BCUT2D eigenvalue weighted by Crippen LogP contribution is 2.51. The minimum absolute atomic E-state index is 0.162. The molecule has 1 N–H and O–H groups in total. The number of nitrogens with one attached hydrogen (secondary N) is 1. The van der Waals surface area contributed by atoms with Crippen molar-refractivity contribution in [3.8, 4) is 0 Å². The van der Waals surface area contributed by atoms with Crippen LogP contribution in [0.4, 0.5) is 4.39 Å². The second-order valence-electron chi connectivity index (χ2n) is 5.25. The largest absolute Gasteiger partial charge is 0.312 e. The molecule has 0 bridgehead atoms. The molecule has 88 valence electrons. The molecule has 1 aliphatic carbocycles. The van der Waals surface area contributed by atoms with E-state index in [2.05, 4.69) is 19.2 Å². The van der Waals surface area contributed by atoms with Gasteiger partial charge >= 0.3 is 0 Å². The predicted octanol–water partition coefficient (Wildman–Crippen LogP) is 3.35. The summed E-state index contributed by atoms with van der Waals surface area (Å²) in [6.45, 7) is 6.52. The van der Waals surface area contributed by atoms with Gasteiger partial charge in [0.25, 0.3) is 0 Å². The SMILES string of the molecule is CC(C)C1(CNCc2ccc(F)cc2)CC1. The molecule has 16 heavy (non-hydrogen) atoms. The minimum Gasteiger partial charge on any atom is -0.312 e. The van der Waals surface area contributed by atoms with E-state index in [1.165, 1.54) is 25.0 Å². The first-order valence-corrected chi connectivity index (χ1v) is 6.08. The summed E-state index contributed by atoms with van der Waals surface area (Å²) in [7, 11) is 0. The molecule has 2 rings (SSSR count). The van der Waals surface area contributed by atoms with Crippen LogP contribution >= 0.6 is 0 Å². The zero-order chi connectivity index (χ0) is 11.6. The van der Waals surface area contributed by atoms with Gasteiger partial charge < -0.3 is 5.32 Å². The van der Waals surface area contributed by atoms with Gasteiger partial charge in [-0.3, -0.25) is 0 Å². The second-order valence-corrected chi connectivity index (χ2v) is 5.25. The number of hydrogen-bond donors (Lipinski definition) is 1. The molecule has 1 saturated carbocycles. The van der Waals surface area contributed by atoms with Crippen molar-refractivity contribution in [2.45, 2.75) is 33.2 Å². The first-order valence-electron chi connectivity index (χ1n) is 6.08. The first kappa shape index (κ1) is 11.6. The highest BCUT2D eigenvalue weighted by molar-refractivity contribution is 5.15. The fraction of sp³-hybridized carbons (Fsp3) is 0.571. The predicted molar refractivity (Wildman–Crippen MR) is 64.6 cm³/mol. The van der Waals surface area contributed by atoms with Crippen LogP contribution in [-0.2, 0) is 6.54 Å². The third-order valence-electron chi connectivity index (χ3n) is 3.84. The lowest BCUT2D eigenvalue weighted by Crippen LogP contribution is -2.27. The average molecular weight is 221 g/mol. The Kier molecular flexibility index (Phi) is 3.29. The molecule has 0 saturated heterocycles. The zero-order valence-corrected chi connectivity index (χ0v) is 10.1. The van der Waals surface area contributed by atoms with E-state index in [0.29, 0.717) is 5.41 Å². The molecule has 0 unspecified atom stereocenters. The molecule has 2 heteroatoms. The van der Waals surface area contributed by atoms with Crippen molar-refractivity contribution in [3.05, 3.63) is 35.6 Å². The molecule has 0 aliphatic heterocycles. The van der Waals surface area contributed by atoms with Gasteiger partial charge in [-0.25, -0.2) is 4.39 Å². The highest BCUT2D eigenvalue weighted by Gasteiger charge is 2.44. The summed E-state index contributed by atoms with van der Waals surface area (Å²) in [6.07, 6.45) is 2.70. The molecule has 1 nitrogen and oxygen atoms in total. The third-order valence-corrected chi connectivity index (χ3v) is 3.84. The van der Waals surface area contributed by atoms with Crippen LogP contribution in [0.25, 0.3) is 0 Å². The van der Waals surface area contributed by atoms with E-state index in [1.807, 2.05) is 12.1 Å². The summed E-state index contributed by atoms with van der Waals surface area (Å²) in [6, 6.07) is 6.73. The van der Waals surface area contributed by atoms with Crippen molar-refractivity contribution >= 4 is 0 Å². The standard InChI is InChI=1S/C14H20FN/c1-11(2)14(7-8-14)10-16-9-12-3-5-13(15)6-4-12/h3-6,11,16H,7-10H2,1-2H3. The molecule has 0 atom stereocenters. The number of rotatable bonds is 5. The lowest BCUT2D eigenvalue weighted by molar-refractivity contribution is 0.338. The quantitative estimate of drug-likeness (QED) is 0.804. The number of halogens is 1. The van der Waals surface area contributed by atoms with Crippen molar-refractivity contribution in [1.82, 2.24) is 5.32 Å². The summed E-state index contributed by atoms with van der Waals surface area (Å²) in [5.41, 5.74) is 1.70. The van der Waals surface area contributed by atoms with Crippen LogP contribution in [0, 0.1) is 17.2 Å².